The summed E-state index contributed by atoms with van der Waals surface area (Å²) in [6, 6.07) is 6.38. The first-order valence-corrected chi connectivity index (χ1v) is 5.41. The fraction of sp³-hybridized carbons (Fsp3) is 0.308. The first-order chi connectivity index (χ1) is 7.70. The monoisotopic (exact) mass is 216 g/mol. The Morgan fingerprint density at radius 3 is 2.81 bits per heavy atom. The summed E-state index contributed by atoms with van der Waals surface area (Å²) in [6.07, 6.45) is 3.81. The Morgan fingerprint density at radius 2 is 2.12 bits per heavy atom. The zero-order valence-electron chi connectivity index (χ0n) is 9.64. The fourth-order valence-electron chi connectivity index (χ4n) is 1.86. The van der Waals surface area contributed by atoms with Crippen LogP contribution in [-0.2, 0) is 6.54 Å². The van der Waals surface area contributed by atoms with Crippen molar-refractivity contribution in [3.05, 3.63) is 41.7 Å². The molecule has 2 rings (SSSR count). The van der Waals surface area contributed by atoms with Crippen molar-refractivity contribution in [3.8, 4) is 11.1 Å². The van der Waals surface area contributed by atoms with Crippen LogP contribution in [0.15, 0.2) is 30.6 Å². The highest BCUT2D eigenvalue weighted by molar-refractivity contribution is 5.66. The van der Waals surface area contributed by atoms with Gasteiger partial charge in [0.1, 0.15) is 0 Å². The zero-order valence-corrected chi connectivity index (χ0v) is 9.64. The number of nitrogens with zero attached hydrogens (tertiary/aromatic N) is 2. The first-order valence-electron chi connectivity index (χ1n) is 5.41. The molecule has 0 fully saturated rings. The van der Waals surface area contributed by atoms with Gasteiger partial charge in [-0.1, -0.05) is 23.8 Å². The van der Waals surface area contributed by atoms with Crippen LogP contribution >= 0.6 is 0 Å². The molecule has 0 radical (unpaired) electrons. The van der Waals surface area contributed by atoms with Gasteiger partial charge in [0.15, 0.2) is 0 Å². The van der Waals surface area contributed by atoms with Gasteiger partial charge in [0.2, 0.25) is 0 Å². The summed E-state index contributed by atoms with van der Waals surface area (Å²) in [7, 11) is 0. The molecule has 0 aliphatic carbocycles. The lowest BCUT2D eigenvalue weighted by Gasteiger charge is -2.03. The van der Waals surface area contributed by atoms with E-state index in [2.05, 4.69) is 37.1 Å². The van der Waals surface area contributed by atoms with Crippen LogP contribution in [-0.4, -0.2) is 21.5 Å². The molecule has 0 spiro atoms. The summed E-state index contributed by atoms with van der Waals surface area (Å²) in [5.74, 6) is 0. The average Bonchev–Trinajstić information content (AvgIpc) is 2.67. The third-order valence-corrected chi connectivity index (χ3v) is 2.66. The van der Waals surface area contributed by atoms with E-state index in [-0.39, 0.29) is 6.61 Å². The van der Waals surface area contributed by atoms with Crippen LogP contribution in [0.3, 0.4) is 0 Å². The Balaban J connectivity index is 2.35. The number of rotatable bonds is 3. The van der Waals surface area contributed by atoms with Crippen molar-refractivity contribution in [1.82, 2.24) is 9.78 Å². The number of aromatic nitrogens is 2. The lowest BCUT2D eigenvalue weighted by atomic mass is 10.0. The van der Waals surface area contributed by atoms with E-state index in [0.29, 0.717) is 6.54 Å². The SMILES string of the molecule is Cc1ccc(-c2cnn(CCO)c2)c(C)c1. The van der Waals surface area contributed by atoms with Crippen molar-refractivity contribution >= 4 is 0 Å². The third kappa shape index (κ3) is 2.14. The predicted octanol–water partition coefficient (Wildman–Crippen LogP) is 2.16. The van der Waals surface area contributed by atoms with Crippen LogP contribution in [0.2, 0.25) is 0 Å². The van der Waals surface area contributed by atoms with Crippen LogP contribution in [0.5, 0.6) is 0 Å². The maximum atomic E-state index is 8.83. The van der Waals surface area contributed by atoms with Gasteiger partial charge in [-0.2, -0.15) is 5.10 Å². The number of hydrogen-bond acceptors (Lipinski definition) is 2. The lowest BCUT2D eigenvalue weighted by molar-refractivity contribution is 0.269. The summed E-state index contributed by atoms with van der Waals surface area (Å²) in [5.41, 5.74) is 4.83. The molecule has 1 aromatic carbocycles. The summed E-state index contributed by atoms with van der Waals surface area (Å²) in [6.45, 7) is 4.86. The van der Waals surface area contributed by atoms with Crippen molar-refractivity contribution in [1.29, 1.82) is 0 Å². The number of aliphatic hydroxyl groups is 1. The van der Waals surface area contributed by atoms with Gasteiger partial charge in [-0.25, -0.2) is 0 Å². The molecule has 2 aromatic rings. The van der Waals surface area contributed by atoms with Crippen molar-refractivity contribution in [3.63, 3.8) is 0 Å². The number of benzene rings is 1. The number of hydrogen-bond donors (Lipinski definition) is 1. The quantitative estimate of drug-likeness (QED) is 0.853. The second-order valence-electron chi connectivity index (χ2n) is 4.03. The lowest BCUT2D eigenvalue weighted by Crippen LogP contribution is -2.01. The van der Waals surface area contributed by atoms with E-state index in [4.69, 9.17) is 5.11 Å². The highest BCUT2D eigenvalue weighted by atomic mass is 16.3. The van der Waals surface area contributed by atoms with Crippen LogP contribution in [0.4, 0.5) is 0 Å². The maximum Gasteiger partial charge on any atom is 0.0641 e. The molecule has 1 aromatic heterocycles. The standard InChI is InChI=1S/C13H16N2O/c1-10-3-4-13(11(2)7-10)12-8-14-15(9-12)5-6-16/h3-4,7-9,16H,5-6H2,1-2H3. The van der Waals surface area contributed by atoms with E-state index < -0.39 is 0 Å². The van der Waals surface area contributed by atoms with Gasteiger partial charge < -0.3 is 5.11 Å². The van der Waals surface area contributed by atoms with Gasteiger partial charge in [-0.3, -0.25) is 4.68 Å². The van der Waals surface area contributed by atoms with Crippen LogP contribution < -0.4 is 0 Å². The van der Waals surface area contributed by atoms with Crippen LogP contribution in [0.1, 0.15) is 11.1 Å². The maximum absolute atomic E-state index is 8.83. The number of aliphatic hydroxyl groups excluding tert-OH is 1. The Kier molecular flexibility index (Phi) is 3.06. The molecule has 3 heteroatoms. The molecule has 1 heterocycles. The van der Waals surface area contributed by atoms with E-state index in [1.165, 1.54) is 16.7 Å². The summed E-state index contributed by atoms with van der Waals surface area (Å²) in [5, 5.41) is 13.0. The highest BCUT2D eigenvalue weighted by Gasteiger charge is 2.04. The summed E-state index contributed by atoms with van der Waals surface area (Å²) in [4.78, 5) is 0. The van der Waals surface area contributed by atoms with E-state index in [1.54, 1.807) is 4.68 Å². The van der Waals surface area contributed by atoms with Crippen molar-refractivity contribution in [2.24, 2.45) is 0 Å². The van der Waals surface area contributed by atoms with E-state index >= 15 is 0 Å². The molecule has 0 atom stereocenters. The highest BCUT2D eigenvalue weighted by Crippen LogP contribution is 2.23. The van der Waals surface area contributed by atoms with Crippen molar-refractivity contribution in [2.75, 3.05) is 6.61 Å². The Morgan fingerprint density at radius 1 is 1.31 bits per heavy atom. The van der Waals surface area contributed by atoms with E-state index in [0.717, 1.165) is 5.56 Å². The second-order valence-corrected chi connectivity index (χ2v) is 4.03. The zero-order chi connectivity index (χ0) is 11.5. The molecule has 1 N–H and O–H groups in total. The van der Waals surface area contributed by atoms with Crippen molar-refractivity contribution in [2.45, 2.75) is 20.4 Å². The molecular weight excluding hydrogens is 200 g/mol. The topological polar surface area (TPSA) is 38.0 Å². The Hall–Kier alpha value is -1.61. The minimum atomic E-state index is 0.119. The first kappa shape index (κ1) is 10.9. The largest absolute Gasteiger partial charge is 0.394 e. The van der Waals surface area contributed by atoms with Crippen molar-refractivity contribution < 1.29 is 5.11 Å². The molecule has 84 valence electrons. The normalized spacial score (nSPS) is 10.7. The van der Waals surface area contributed by atoms with E-state index in [1.807, 2.05) is 12.4 Å². The molecule has 16 heavy (non-hydrogen) atoms. The second kappa shape index (κ2) is 4.49. The molecular formula is C13H16N2O. The minimum absolute atomic E-state index is 0.119. The average molecular weight is 216 g/mol. The predicted molar refractivity (Wildman–Crippen MR) is 64.2 cm³/mol. The molecule has 0 aliphatic heterocycles. The smallest absolute Gasteiger partial charge is 0.0641 e. The third-order valence-electron chi connectivity index (χ3n) is 2.66. The minimum Gasteiger partial charge on any atom is -0.394 e. The summed E-state index contributed by atoms with van der Waals surface area (Å²) >= 11 is 0. The molecule has 0 bridgehead atoms. The molecule has 0 amide bonds. The van der Waals surface area contributed by atoms with Gasteiger partial charge in [0, 0.05) is 11.8 Å². The molecule has 0 aliphatic rings. The molecule has 3 nitrogen and oxygen atoms in total. The van der Waals surface area contributed by atoms with Gasteiger partial charge in [0.25, 0.3) is 0 Å². The van der Waals surface area contributed by atoms with Crippen LogP contribution in [0.25, 0.3) is 11.1 Å². The fourth-order valence-corrected chi connectivity index (χ4v) is 1.86. The van der Waals surface area contributed by atoms with Gasteiger partial charge in [-0.15, -0.1) is 0 Å². The Bertz CT molecular complexity index is 488. The molecule has 0 unspecified atom stereocenters. The van der Waals surface area contributed by atoms with Gasteiger partial charge in [-0.05, 0) is 25.0 Å². The van der Waals surface area contributed by atoms with Gasteiger partial charge >= 0.3 is 0 Å². The summed E-state index contributed by atoms with van der Waals surface area (Å²) < 4.78 is 1.76. The number of aryl methyl sites for hydroxylation is 2. The van der Waals surface area contributed by atoms with E-state index in [9.17, 15) is 0 Å². The molecule has 0 saturated heterocycles. The Labute approximate surface area is 95.3 Å². The van der Waals surface area contributed by atoms with Gasteiger partial charge in [0.05, 0.1) is 19.3 Å². The molecule has 0 saturated carbocycles. The van der Waals surface area contributed by atoms with Crippen LogP contribution in [0, 0.1) is 13.8 Å².